The molecule has 0 heterocycles. The van der Waals surface area contributed by atoms with E-state index in [-0.39, 0.29) is 18.2 Å². The molecule has 0 atom stereocenters. The minimum atomic E-state index is -0.555. The molecule has 0 bridgehead atoms. The van der Waals surface area contributed by atoms with Gasteiger partial charge in [-0.05, 0) is 31.0 Å². The second-order valence-electron chi connectivity index (χ2n) is 4.65. The molecular formula is C14H14BrFN2O. The predicted molar refractivity (Wildman–Crippen MR) is 73.0 cm³/mol. The average molecular weight is 325 g/mol. The zero-order valence-corrected chi connectivity index (χ0v) is 12.0. The van der Waals surface area contributed by atoms with E-state index < -0.39 is 11.7 Å². The van der Waals surface area contributed by atoms with Gasteiger partial charge in [0, 0.05) is 10.5 Å². The molecule has 0 aliphatic heterocycles. The number of rotatable bonds is 3. The van der Waals surface area contributed by atoms with Crippen molar-refractivity contribution in [3.8, 4) is 6.07 Å². The molecule has 19 heavy (non-hydrogen) atoms. The van der Waals surface area contributed by atoms with Gasteiger partial charge in [-0.3, -0.25) is 4.79 Å². The highest BCUT2D eigenvalue weighted by Crippen LogP contribution is 2.25. The Kier molecular flexibility index (Phi) is 4.54. The monoisotopic (exact) mass is 324 g/mol. The first-order chi connectivity index (χ1) is 9.13. The van der Waals surface area contributed by atoms with Gasteiger partial charge in [0.1, 0.15) is 12.4 Å². The van der Waals surface area contributed by atoms with E-state index in [0.717, 1.165) is 25.7 Å². The fraction of sp³-hybridized carbons (Fsp3) is 0.429. The highest BCUT2D eigenvalue weighted by Gasteiger charge is 2.28. The van der Waals surface area contributed by atoms with E-state index in [1.807, 2.05) is 6.07 Å². The number of halogens is 2. The Morgan fingerprint density at radius 2 is 2.16 bits per heavy atom. The highest BCUT2D eigenvalue weighted by atomic mass is 79.9. The Hall–Kier alpha value is -1.41. The zero-order chi connectivity index (χ0) is 13.8. The topological polar surface area (TPSA) is 44.1 Å². The molecule has 1 aliphatic carbocycles. The van der Waals surface area contributed by atoms with Crippen molar-refractivity contribution < 1.29 is 9.18 Å². The van der Waals surface area contributed by atoms with Crippen molar-refractivity contribution in [2.75, 3.05) is 6.54 Å². The predicted octanol–water partition coefficient (Wildman–Crippen LogP) is 3.50. The Morgan fingerprint density at radius 3 is 2.74 bits per heavy atom. The molecule has 1 fully saturated rings. The third-order valence-corrected chi connectivity index (χ3v) is 3.92. The second kappa shape index (κ2) is 6.16. The van der Waals surface area contributed by atoms with E-state index >= 15 is 0 Å². The van der Waals surface area contributed by atoms with E-state index in [1.54, 1.807) is 6.07 Å². The SMILES string of the molecule is N#CCN(C(=O)c1ccc(Br)cc1F)C1CCCC1. The van der Waals surface area contributed by atoms with Crippen molar-refractivity contribution in [1.82, 2.24) is 4.90 Å². The van der Waals surface area contributed by atoms with Crippen LogP contribution < -0.4 is 0 Å². The lowest BCUT2D eigenvalue weighted by Gasteiger charge is -2.26. The number of carbonyl (C=O) groups excluding carboxylic acids is 1. The summed E-state index contributed by atoms with van der Waals surface area (Å²) in [6.45, 7) is 0.0129. The molecule has 0 spiro atoms. The summed E-state index contributed by atoms with van der Waals surface area (Å²) in [5.41, 5.74) is 0.0327. The van der Waals surface area contributed by atoms with Crippen molar-refractivity contribution in [3.05, 3.63) is 34.1 Å². The lowest BCUT2D eigenvalue weighted by molar-refractivity contribution is 0.0704. The van der Waals surface area contributed by atoms with Crippen LogP contribution in [0.1, 0.15) is 36.0 Å². The molecule has 0 unspecified atom stereocenters. The number of benzene rings is 1. The summed E-state index contributed by atoms with van der Waals surface area (Å²) >= 11 is 3.16. The van der Waals surface area contributed by atoms with Crippen LogP contribution in [-0.2, 0) is 0 Å². The molecule has 2 rings (SSSR count). The van der Waals surface area contributed by atoms with Gasteiger partial charge in [0.15, 0.2) is 0 Å². The number of nitriles is 1. The van der Waals surface area contributed by atoms with E-state index in [2.05, 4.69) is 15.9 Å². The summed E-state index contributed by atoms with van der Waals surface area (Å²) in [5, 5.41) is 8.86. The quantitative estimate of drug-likeness (QED) is 0.799. The number of hydrogen-bond donors (Lipinski definition) is 0. The van der Waals surface area contributed by atoms with Gasteiger partial charge >= 0.3 is 0 Å². The lowest BCUT2D eigenvalue weighted by atomic mass is 10.1. The van der Waals surface area contributed by atoms with Gasteiger partial charge in [0.25, 0.3) is 5.91 Å². The summed E-state index contributed by atoms with van der Waals surface area (Å²) in [6, 6.07) is 6.43. The molecular weight excluding hydrogens is 311 g/mol. The van der Waals surface area contributed by atoms with Crippen LogP contribution in [0.25, 0.3) is 0 Å². The Balaban J connectivity index is 2.25. The molecule has 100 valence electrons. The van der Waals surface area contributed by atoms with Crippen LogP contribution in [0.3, 0.4) is 0 Å². The highest BCUT2D eigenvalue weighted by molar-refractivity contribution is 9.10. The van der Waals surface area contributed by atoms with E-state index in [4.69, 9.17) is 5.26 Å². The van der Waals surface area contributed by atoms with Gasteiger partial charge < -0.3 is 4.90 Å². The summed E-state index contributed by atoms with van der Waals surface area (Å²) in [5.74, 6) is -0.946. The fourth-order valence-electron chi connectivity index (χ4n) is 2.48. The van der Waals surface area contributed by atoms with Crippen molar-refractivity contribution >= 4 is 21.8 Å². The molecule has 0 aromatic heterocycles. The molecule has 0 saturated heterocycles. The number of amides is 1. The summed E-state index contributed by atoms with van der Waals surface area (Å²) in [7, 11) is 0. The van der Waals surface area contributed by atoms with Crippen molar-refractivity contribution in [2.24, 2.45) is 0 Å². The first-order valence-corrected chi connectivity index (χ1v) is 7.05. The number of hydrogen-bond acceptors (Lipinski definition) is 2. The molecule has 0 N–H and O–H groups in total. The smallest absolute Gasteiger partial charge is 0.257 e. The maximum Gasteiger partial charge on any atom is 0.257 e. The van der Waals surface area contributed by atoms with E-state index in [9.17, 15) is 9.18 Å². The number of nitrogens with zero attached hydrogens (tertiary/aromatic N) is 2. The number of carbonyl (C=O) groups is 1. The van der Waals surface area contributed by atoms with Crippen LogP contribution in [0, 0.1) is 17.1 Å². The van der Waals surface area contributed by atoms with E-state index in [0.29, 0.717) is 4.47 Å². The van der Waals surface area contributed by atoms with Crippen LogP contribution in [0.5, 0.6) is 0 Å². The Labute approximate surface area is 120 Å². The van der Waals surface area contributed by atoms with Crippen molar-refractivity contribution in [2.45, 2.75) is 31.7 Å². The molecule has 1 saturated carbocycles. The Morgan fingerprint density at radius 1 is 1.47 bits per heavy atom. The van der Waals surface area contributed by atoms with Gasteiger partial charge in [0.2, 0.25) is 0 Å². The lowest BCUT2D eigenvalue weighted by Crippen LogP contribution is -2.39. The van der Waals surface area contributed by atoms with Gasteiger partial charge in [-0.15, -0.1) is 0 Å². The van der Waals surface area contributed by atoms with Gasteiger partial charge in [-0.25, -0.2) is 4.39 Å². The third kappa shape index (κ3) is 3.13. The molecule has 0 radical (unpaired) electrons. The summed E-state index contributed by atoms with van der Waals surface area (Å²) in [6.07, 6.45) is 3.91. The van der Waals surface area contributed by atoms with Crippen LogP contribution in [0.15, 0.2) is 22.7 Å². The molecule has 1 aromatic carbocycles. The fourth-order valence-corrected chi connectivity index (χ4v) is 2.81. The average Bonchev–Trinajstić information content (AvgIpc) is 2.89. The first-order valence-electron chi connectivity index (χ1n) is 6.26. The normalized spacial score (nSPS) is 15.2. The maximum atomic E-state index is 13.8. The van der Waals surface area contributed by atoms with Crippen molar-refractivity contribution in [3.63, 3.8) is 0 Å². The van der Waals surface area contributed by atoms with Crippen LogP contribution in [0.4, 0.5) is 4.39 Å². The van der Waals surface area contributed by atoms with Gasteiger partial charge in [0.05, 0.1) is 11.6 Å². The van der Waals surface area contributed by atoms with Gasteiger partial charge in [-0.1, -0.05) is 28.8 Å². The largest absolute Gasteiger partial charge is 0.322 e. The zero-order valence-electron chi connectivity index (χ0n) is 10.4. The molecule has 3 nitrogen and oxygen atoms in total. The van der Waals surface area contributed by atoms with Crippen LogP contribution in [-0.4, -0.2) is 23.4 Å². The molecule has 1 amide bonds. The van der Waals surface area contributed by atoms with E-state index in [1.165, 1.54) is 17.0 Å². The molecule has 1 aromatic rings. The van der Waals surface area contributed by atoms with Gasteiger partial charge in [-0.2, -0.15) is 5.26 Å². The first kappa shape index (κ1) is 14.0. The minimum Gasteiger partial charge on any atom is -0.322 e. The Bertz CT molecular complexity index is 521. The minimum absolute atomic E-state index is 0.0129. The molecule has 5 heteroatoms. The van der Waals surface area contributed by atoms with Crippen molar-refractivity contribution in [1.29, 1.82) is 5.26 Å². The summed E-state index contributed by atoms with van der Waals surface area (Å²) < 4.78 is 14.4. The van der Waals surface area contributed by atoms with Crippen LogP contribution in [0.2, 0.25) is 0 Å². The van der Waals surface area contributed by atoms with Crippen LogP contribution >= 0.6 is 15.9 Å². The summed E-state index contributed by atoms with van der Waals surface area (Å²) in [4.78, 5) is 13.9. The maximum absolute atomic E-state index is 13.8. The standard InChI is InChI=1S/C14H14BrFN2O/c15-10-5-6-12(13(16)9-10)14(19)18(8-7-17)11-3-1-2-4-11/h5-6,9,11H,1-4,8H2. The second-order valence-corrected chi connectivity index (χ2v) is 5.57. The molecule has 1 aliphatic rings. The third-order valence-electron chi connectivity index (χ3n) is 3.43.